The summed E-state index contributed by atoms with van der Waals surface area (Å²) in [5, 5.41) is 0. The number of allylic oxidation sites excluding steroid dienone is 2. The van der Waals surface area contributed by atoms with Gasteiger partial charge in [-0.05, 0) is 44.2 Å². The SMILES string of the molecule is O=S(=O)(C1=C2CCCCN2CCC1)c1ccccc1. The predicted molar refractivity (Wildman–Crippen MR) is 75.3 cm³/mol. The lowest BCUT2D eigenvalue weighted by molar-refractivity contribution is 0.270. The summed E-state index contributed by atoms with van der Waals surface area (Å²) in [6, 6.07) is 8.83. The van der Waals surface area contributed by atoms with Crippen molar-refractivity contribution in [2.75, 3.05) is 13.1 Å². The second-order valence-corrected chi connectivity index (χ2v) is 7.21. The van der Waals surface area contributed by atoms with Crippen LogP contribution in [0, 0.1) is 0 Å². The van der Waals surface area contributed by atoms with Crippen LogP contribution in [0.5, 0.6) is 0 Å². The average molecular weight is 277 g/mol. The van der Waals surface area contributed by atoms with Crippen molar-refractivity contribution in [2.45, 2.75) is 37.0 Å². The van der Waals surface area contributed by atoms with Crippen LogP contribution < -0.4 is 0 Å². The van der Waals surface area contributed by atoms with Crippen molar-refractivity contribution in [1.29, 1.82) is 0 Å². The summed E-state index contributed by atoms with van der Waals surface area (Å²) in [6.07, 6.45) is 4.86. The molecule has 0 amide bonds. The number of hydrogen-bond acceptors (Lipinski definition) is 3. The maximum Gasteiger partial charge on any atom is 0.204 e. The highest BCUT2D eigenvalue weighted by atomic mass is 32.2. The van der Waals surface area contributed by atoms with Crippen LogP contribution in [0.25, 0.3) is 0 Å². The molecular formula is C15H19NO2S. The van der Waals surface area contributed by atoms with E-state index in [1.165, 1.54) is 6.42 Å². The number of nitrogens with zero attached hydrogens (tertiary/aromatic N) is 1. The Kier molecular flexibility index (Phi) is 3.35. The van der Waals surface area contributed by atoms with Gasteiger partial charge in [0.1, 0.15) is 0 Å². The molecule has 102 valence electrons. The van der Waals surface area contributed by atoms with Crippen molar-refractivity contribution in [2.24, 2.45) is 0 Å². The van der Waals surface area contributed by atoms with E-state index in [4.69, 9.17) is 0 Å². The van der Waals surface area contributed by atoms with Crippen LogP contribution in [-0.4, -0.2) is 26.4 Å². The fourth-order valence-electron chi connectivity index (χ4n) is 3.06. The molecule has 0 bridgehead atoms. The minimum absolute atomic E-state index is 0.435. The van der Waals surface area contributed by atoms with E-state index in [1.54, 1.807) is 24.3 Å². The molecule has 2 aliphatic rings. The number of sulfone groups is 1. The van der Waals surface area contributed by atoms with Gasteiger partial charge in [0.05, 0.1) is 9.80 Å². The lowest BCUT2D eigenvalue weighted by Gasteiger charge is -2.37. The van der Waals surface area contributed by atoms with Gasteiger partial charge in [-0.2, -0.15) is 0 Å². The van der Waals surface area contributed by atoms with Crippen LogP contribution in [0.1, 0.15) is 32.1 Å². The zero-order valence-electron chi connectivity index (χ0n) is 11.0. The smallest absolute Gasteiger partial charge is 0.204 e. The molecule has 0 atom stereocenters. The van der Waals surface area contributed by atoms with Gasteiger partial charge in [0.25, 0.3) is 0 Å². The minimum Gasteiger partial charge on any atom is -0.374 e. The van der Waals surface area contributed by atoms with Crippen LogP contribution in [0.15, 0.2) is 45.8 Å². The summed E-state index contributed by atoms with van der Waals surface area (Å²) >= 11 is 0. The lowest BCUT2D eigenvalue weighted by atomic mass is 10.0. The van der Waals surface area contributed by atoms with Crippen LogP contribution in [-0.2, 0) is 9.84 Å². The van der Waals surface area contributed by atoms with Gasteiger partial charge in [0.2, 0.25) is 9.84 Å². The van der Waals surface area contributed by atoms with Crippen LogP contribution in [0.4, 0.5) is 0 Å². The molecule has 19 heavy (non-hydrogen) atoms. The van der Waals surface area contributed by atoms with E-state index in [-0.39, 0.29) is 0 Å². The Morgan fingerprint density at radius 1 is 0.895 bits per heavy atom. The summed E-state index contributed by atoms with van der Waals surface area (Å²) in [5.74, 6) is 0. The Balaban J connectivity index is 2.07. The molecule has 1 aromatic rings. The highest BCUT2D eigenvalue weighted by molar-refractivity contribution is 7.95. The van der Waals surface area contributed by atoms with Gasteiger partial charge in [-0.1, -0.05) is 18.2 Å². The number of piperidine rings is 1. The zero-order valence-corrected chi connectivity index (χ0v) is 11.8. The Morgan fingerprint density at radius 2 is 1.63 bits per heavy atom. The van der Waals surface area contributed by atoms with Crippen molar-refractivity contribution < 1.29 is 8.42 Å². The van der Waals surface area contributed by atoms with E-state index in [0.717, 1.165) is 38.0 Å². The topological polar surface area (TPSA) is 37.4 Å². The van der Waals surface area contributed by atoms with Gasteiger partial charge < -0.3 is 4.90 Å². The highest BCUT2D eigenvalue weighted by Gasteiger charge is 2.30. The molecule has 2 aliphatic heterocycles. The molecule has 3 rings (SSSR count). The highest BCUT2D eigenvalue weighted by Crippen LogP contribution is 2.35. The molecule has 0 unspecified atom stereocenters. The molecule has 0 aliphatic carbocycles. The normalized spacial score (nSPS) is 20.3. The molecule has 2 heterocycles. The largest absolute Gasteiger partial charge is 0.374 e. The van der Waals surface area contributed by atoms with E-state index < -0.39 is 9.84 Å². The monoisotopic (exact) mass is 277 g/mol. The second kappa shape index (κ2) is 5.00. The van der Waals surface area contributed by atoms with Gasteiger partial charge in [-0.15, -0.1) is 0 Å². The summed E-state index contributed by atoms with van der Waals surface area (Å²) in [5.41, 5.74) is 1.08. The Labute approximate surface area is 114 Å². The number of rotatable bonds is 2. The average Bonchev–Trinajstić information content (AvgIpc) is 2.47. The number of hydrogen-bond donors (Lipinski definition) is 0. The first-order valence-corrected chi connectivity index (χ1v) is 8.45. The van der Waals surface area contributed by atoms with Crippen molar-refractivity contribution in [3.05, 3.63) is 40.9 Å². The molecule has 4 heteroatoms. The van der Waals surface area contributed by atoms with E-state index in [9.17, 15) is 8.42 Å². The Morgan fingerprint density at radius 3 is 2.42 bits per heavy atom. The quantitative estimate of drug-likeness (QED) is 0.834. The van der Waals surface area contributed by atoms with Gasteiger partial charge >= 0.3 is 0 Å². The molecule has 0 N–H and O–H groups in total. The molecule has 0 aromatic heterocycles. The maximum atomic E-state index is 12.8. The molecule has 0 spiro atoms. The first-order valence-electron chi connectivity index (χ1n) is 6.97. The number of benzene rings is 1. The summed E-state index contributed by atoms with van der Waals surface area (Å²) in [4.78, 5) is 3.39. The molecule has 1 saturated heterocycles. The molecule has 0 radical (unpaired) electrons. The van der Waals surface area contributed by atoms with E-state index in [0.29, 0.717) is 16.2 Å². The minimum atomic E-state index is -3.29. The van der Waals surface area contributed by atoms with Gasteiger partial charge in [-0.3, -0.25) is 0 Å². The van der Waals surface area contributed by atoms with Gasteiger partial charge in [-0.25, -0.2) is 8.42 Å². The van der Waals surface area contributed by atoms with Crippen LogP contribution >= 0.6 is 0 Å². The zero-order chi connectivity index (χ0) is 13.3. The van der Waals surface area contributed by atoms with Crippen molar-refractivity contribution in [3.8, 4) is 0 Å². The van der Waals surface area contributed by atoms with Gasteiger partial charge in [0.15, 0.2) is 0 Å². The first-order chi connectivity index (χ1) is 9.19. The van der Waals surface area contributed by atoms with Crippen LogP contribution in [0.2, 0.25) is 0 Å². The molecule has 1 fully saturated rings. The summed E-state index contributed by atoms with van der Waals surface area (Å²) in [7, 11) is -3.29. The first kappa shape index (κ1) is 12.7. The van der Waals surface area contributed by atoms with Crippen molar-refractivity contribution in [1.82, 2.24) is 4.90 Å². The van der Waals surface area contributed by atoms with Gasteiger partial charge in [0, 0.05) is 18.8 Å². The summed E-state index contributed by atoms with van der Waals surface area (Å²) in [6.45, 7) is 2.03. The molecule has 3 nitrogen and oxygen atoms in total. The number of fused-ring (bicyclic) bond motifs is 1. The van der Waals surface area contributed by atoms with Crippen molar-refractivity contribution in [3.63, 3.8) is 0 Å². The third-order valence-electron chi connectivity index (χ3n) is 4.00. The predicted octanol–water partition coefficient (Wildman–Crippen LogP) is 2.95. The van der Waals surface area contributed by atoms with Crippen molar-refractivity contribution >= 4 is 9.84 Å². The fourth-order valence-corrected chi connectivity index (χ4v) is 4.81. The second-order valence-electron chi connectivity index (χ2n) is 5.23. The third-order valence-corrected chi connectivity index (χ3v) is 5.99. The van der Waals surface area contributed by atoms with E-state index >= 15 is 0 Å². The molecular weight excluding hydrogens is 258 g/mol. The summed E-state index contributed by atoms with van der Waals surface area (Å²) < 4.78 is 25.5. The van der Waals surface area contributed by atoms with Crippen LogP contribution in [0.3, 0.4) is 0 Å². The fraction of sp³-hybridized carbons (Fsp3) is 0.467. The maximum absolute atomic E-state index is 12.8. The Hall–Kier alpha value is -1.29. The molecule has 1 aromatic carbocycles. The van der Waals surface area contributed by atoms with E-state index in [2.05, 4.69) is 4.90 Å². The lowest BCUT2D eigenvalue weighted by Crippen LogP contribution is -2.34. The standard InChI is InChI=1S/C15H19NO2S/c17-19(18,13-7-2-1-3-8-13)15-10-6-12-16-11-5-4-9-14(15)16/h1-3,7-8H,4-6,9-12H2. The van der Waals surface area contributed by atoms with E-state index in [1.807, 2.05) is 6.07 Å². The molecule has 0 saturated carbocycles. The Bertz CT molecular complexity index is 590. The third kappa shape index (κ3) is 2.29.